The molecule has 1 aromatic carbocycles. The molecule has 0 unspecified atom stereocenters. The lowest BCUT2D eigenvalue weighted by Gasteiger charge is -2.08. The molecule has 0 radical (unpaired) electrons. The molecule has 0 N–H and O–H groups in total. The van der Waals surface area contributed by atoms with E-state index < -0.39 is 5.82 Å². The van der Waals surface area contributed by atoms with E-state index in [0.29, 0.717) is 16.1 Å². The molecule has 0 aliphatic heterocycles. The molecule has 1 aromatic heterocycles. The summed E-state index contributed by atoms with van der Waals surface area (Å²) in [5.41, 5.74) is 0.794. The van der Waals surface area contributed by atoms with Crippen LogP contribution >= 0.6 is 46.4 Å². The lowest BCUT2D eigenvalue weighted by Crippen LogP contribution is -1.88. The molecule has 88 valence electrons. The van der Waals surface area contributed by atoms with Crippen LogP contribution in [0.3, 0.4) is 0 Å². The maximum Gasteiger partial charge on any atom is 0.142 e. The summed E-state index contributed by atoms with van der Waals surface area (Å²) in [6, 6.07) is 4.27. The van der Waals surface area contributed by atoms with Crippen molar-refractivity contribution in [3.63, 3.8) is 0 Å². The van der Waals surface area contributed by atoms with Gasteiger partial charge in [0.1, 0.15) is 11.0 Å². The summed E-state index contributed by atoms with van der Waals surface area (Å²) >= 11 is 23.7. The topological polar surface area (TPSA) is 12.9 Å². The third-order valence-corrected chi connectivity index (χ3v) is 3.41. The van der Waals surface area contributed by atoms with Gasteiger partial charge in [-0.3, -0.25) is 0 Å². The zero-order chi connectivity index (χ0) is 12.6. The molecule has 0 atom stereocenters. The lowest BCUT2D eigenvalue weighted by atomic mass is 10.1. The number of aromatic nitrogens is 1. The highest BCUT2D eigenvalue weighted by Crippen LogP contribution is 2.38. The molecule has 0 saturated carbocycles. The molecule has 1 nitrogen and oxygen atoms in total. The van der Waals surface area contributed by atoms with Gasteiger partial charge in [0.2, 0.25) is 0 Å². The van der Waals surface area contributed by atoms with Crippen LogP contribution in [-0.2, 0) is 0 Å². The Morgan fingerprint density at radius 3 is 2.35 bits per heavy atom. The van der Waals surface area contributed by atoms with Gasteiger partial charge in [0.15, 0.2) is 0 Å². The third kappa shape index (κ3) is 2.66. The first-order valence-corrected chi connectivity index (χ1v) is 5.96. The van der Waals surface area contributed by atoms with Gasteiger partial charge in [-0.1, -0.05) is 46.4 Å². The maximum absolute atomic E-state index is 13.1. The average Bonchev–Trinajstić information content (AvgIpc) is 2.27. The van der Waals surface area contributed by atoms with Gasteiger partial charge in [0.25, 0.3) is 0 Å². The van der Waals surface area contributed by atoms with E-state index in [1.165, 1.54) is 12.1 Å². The molecule has 0 aliphatic carbocycles. The first-order chi connectivity index (χ1) is 7.99. The Balaban J connectivity index is 2.72. The monoisotopic (exact) mass is 309 g/mol. The average molecular weight is 311 g/mol. The molecule has 17 heavy (non-hydrogen) atoms. The Hall–Kier alpha value is -0.540. The van der Waals surface area contributed by atoms with E-state index in [1.807, 2.05) is 0 Å². The molecule has 0 aliphatic rings. The number of rotatable bonds is 1. The van der Waals surface area contributed by atoms with Crippen molar-refractivity contribution in [3.8, 4) is 11.1 Å². The van der Waals surface area contributed by atoms with Gasteiger partial charge in [-0.05, 0) is 18.2 Å². The first-order valence-electron chi connectivity index (χ1n) is 4.45. The van der Waals surface area contributed by atoms with Gasteiger partial charge in [0.05, 0.1) is 16.2 Å². The molecule has 0 spiro atoms. The van der Waals surface area contributed by atoms with Gasteiger partial charge in [-0.25, -0.2) is 9.37 Å². The van der Waals surface area contributed by atoms with Crippen LogP contribution < -0.4 is 0 Å². The summed E-state index contributed by atoms with van der Waals surface area (Å²) in [6.45, 7) is 0. The summed E-state index contributed by atoms with van der Waals surface area (Å²) in [4.78, 5) is 3.70. The van der Waals surface area contributed by atoms with Crippen molar-refractivity contribution in [1.29, 1.82) is 0 Å². The molecule has 6 heteroatoms. The summed E-state index contributed by atoms with van der Waals surface area (Å²) in [6.07, 6.45) is 1.02. The van der Waals surface area contributed by atoms with Crippen LogP contribution in [-0.4, -0.2) is 4.98 Å². The second kappa shape index (κ2) is 4.99. The van der Waals surface area contributed by atoms with Crippen molar-refractivity contribution in [3.05, 3.63) is 50.4 Å². The molecule has 0 bridgehead atoms. The highest BCUT2D eigenvalue weighted by molar-refractivity contribution is 6.45. The molecule has 2 aromatic rings. The number of halogens is 5. The summed E-state index contributed by atoms with van der Waals surface area (Å²) in [5, 5.41) is 1.04. The van der Waals surface area contributed by atoms with E-state index in [0.717, 1.165) is 6.20 Å². The van der Waals surface area contributed by atoms with E-state index in [2.05, 4.69) is 4.98 Å². The van der Waals surface area contributed by atoms with Crippen molar-refractivity contribution < 1.29 is 4.39 Å². The fourth-order valence-electron chi connectivity index (χ4n) is 1.36. The first kappa shape index (κ1) is 12.9. The van der Waals surface area contributed by atoms with Crippen molar-refractivity contribution in [2.24, 2.45) is 0 Å². The van der Waals surface area contributed by atoms with E-state index in [9.17, 15) is 4.39 Å². The predicted octanol–water partition coefficient (Wildman–Crippen LogP) is 5.50. The third-order valence-electron chi connectivity index (χ3n) is 2.09. The van der Waals surface area contributed by atoms with Crippen LogP contribution in [0.15, 0.2) is 24.4 Å². The SMILES string of the molecule is Fc1cnc(Cl)c(-c2cc(Cl)cc(Cl)c2Cl)c1. The lowest BCUT2D eigenvalue weighted by molar-refractivity contribution is 0.622. The smallest absolute Gasteiger partial charge is 0.142 e. The Labute approximate surface area is 117 Å². The fraction of sp³-hybridized carbons (Fsp3) is 0. The predicted molar refractivity (Wildman–Crippen MR) is 69.7 cm³/mol. The number of nitrogens with zero attached hydrogens (tertiary/aromatic N) is 1. The molecule has 0 fully saturated rings. The van der Waals surface area contributed by atoms with E-state index in [-0.39, 0.29) is 15.2 Å². The zero-order valence-electron chi connectivity index (χ0n) is 8.15. The Kier molecular flexibility index (Phi) is 3.79. The maximum atomic E-state index is 13.1. The van der Waals surface area contributed by atoms with Crippen molar-refractivity contribution in [1.82, 2.24) is 4.98 Å². The van der Waals surface area contributed by atoms with Gasteiger partial charge < -0.3 is 0 Å². The largest absolute Gasteiger partial charge is 0.241 e. The molecule has 2 rings (SSSR count). The second-order valence-corrected chi connectivity index (χ2v) is 4.82. The van der Waals surface area contributed by atoms with Gasteiger partial charge in [-0.2, -0.15) is 0 Å². The van der Waals surface area contributed by atoms with Gasteiger partial charge in [-0.15, -0.1) is 0 Å². The molecular weight excluding hydrogens is 307 g/mol. The van der Waals surface area contributed by atoms with Gasteiger partial charge in [0, 0.05) is 16.1 Å². The molecular formula is C11H4Cl4FN. The van der Waals surface area contributed by atoms with Crippen molar-refractivity contribution in [2.75, 3.05) is 0 Å². The van der Waals surface area contributed by atoms with Crippen LogP contribution in [0.5, 0.6) is 0 Å². The number of hydrogen-bond donors (Lipinski definition) is 0. The van der Waals surface area contributed by atoms with Gasteiger partial charge >= 0.3 is 0 Å². The van der Waals surface area contributed by atoms with Crippen LogP contribution in [0.1, 0.15) is 0 Å². The Morgan fingerprint density at radius 2 is 1.65 bits per heavy atom. The van der Waals surface area contributed by atoms with Crippen molar-refractivity contribution in [2.45, 2.75) is 0 Å². The number of pyridine rings is 1. The minimum Gasteiger partial charge on any atom is -0.241 e. The highest BCUT2D eigenvalue weighted by Gasteiger charge is 2.13. The Morgan fingerprint density at radius 1 is 0.941 bits per heavy atom. The molecule has 1 heterocycles. The van der Waals surface area contributed by atoms with E-state index in [1.54, 1.807) is 6.07 Å². The second-order valence-electron chi connectivity index (χ2n) is 3.24. The summed E-state index contributed by atoms with van der Waals surface area (Å²) in [5.74, 6) is -0.517. The number of hydrogen-bond acceptors (Lipinski definition) is 1. The highest BCUT2D eigenvalue weighted by atomic mass is 35.5. The molecule has 0 amide bonds. The quantitative estimate of drug-likeness (QED) is 0.500. The summed E-state index contributed by atoms with van der Waals surface area (Å²) in [7, 11) is 0. The minimum absolute atomic E-state index is 0.131. The standard InChI is InChI=1S/C11H4Cl4FN/c12-5-1-7(10(14)9(13)2-5)8-3-6(16)4-17-11(8)15/h1-4H. The Bertz CT molecular complexity index is 586. The fourth-order valence-corrected chi connectivity index (χ4v) is 2.27. The zero-order valence-corrected chi connectivity index (χ0v) is 11.2. The van der Waals surface area contributed by atoms with Crippen LogP contribution in [0.25, 0.3) is 11.1 Å². The van der Waals surface area contributed by atoms with Crippen LogP contribution in [0.4, 0.5) is 4.39 Å². The van der Waals surface area contributed by atoms with Crippen LogP contribution in [0.2, 0.25) is 20.2 Å². The normalized spacial score (nSPS) is 10.6. The van der Waals surface area contributed by atoms with Crippen molar-refractivity contribution >= 4 is 46.4 Å². The summed E-state index contributed by atoms with van der Waals surface area (Å²) < 4.78 is 13.1. The minimum atomic E-state index is -0.517. The van der Waals surface area contributed by atoms with E-state index in [4.69, 9.17) is 46.4 Å². The van der Waals surface area contributed by atoms with Crippen LogP contribution in [0, 0.1) is 5.82 Å². The van der Waals surface area contributed by atoms with E-state index >= 15 is 0 Å². The molecule has 0 saturated heterocycles. The number of benzene rings is 1.